The number of aromatic nitrogens is 2. The van der Waals surface area contributed by atoms with Crippen molar-refractivity contribution < 1.29 is 4.74 Å². The molecule has 0 unspecified atom stereocenters. The fraction of sp³-hybridized carbons (Fsp3) is 0.636. The quantitative estimate of drug-likeness (QED) is 0.639. The first-order chi connectivity index (χ1) is 8.33. The van der Waals surface area contributed by atoms with Gasteiger partial charge in [-0.1, -0.05) is 11.8 Å². The summed E-state index contributed by atoms with van der Waals surface area (Å²) < 4.78 is 5.47. The molecule has 1 saturated heterocycles. The summed E-state index contributed by atoms with van der Waals surface area (Å²) in [5.41, 5.74) is 0. The molecule has 2 heterocycles. The Balaban J connectivity index is 2.21. The maximum Gasteiger partial charge on any atom is 0.219 e. The van der Waals surface area contributed by atoms with Crippen molar-refractivity contribution in [2.45, 2.75) is 12.1 Å². The molecule has 1 aromatic rings. The van der Waals surface area contributed by atoms with Crippen molar-refractivity contribution in [2.75, 3.05) is 43.9 Å². The standard InChI is InChI=1S/C11H18N4OS/c1-3-16-10-8-9(13-11(14-10)17-2)15-6-4-12-5-7-15/h8,12H,3-7H2,1-2H3. The Hall–Kier alpha value is -1.01. The van der Waals surface area contributed by atoms with Gasteiger partial charge >= 0.3 is 0 Å². The van der Waals surface area contributed by atoms with Crippen LogP contribution >= 0.6 is 11.8 Å². The van der Waals surface area contributed by atoms with E-state index in [-0.39, 0.29) is 0 Å². The molecule has 2 rings (SSSR count). The Morgan fingerprint density at radius 1 is 1.41 bits per heavy atom. The molecule has 1 aliphatic rings. The topological polar surface area (TPSA) is 50.3 Å². The third kappa shape index (κ3) is 3.23. The van der Waals surface area contributed by atoms with Gasteiger partial charge in [-0.3, -0.25) is 0 Å². The van der Waals surface area contributed by atoms with Crippen LogP contribution in [-0.4, -0.2) is 49.0 Å². The zero-order chi connectivity index (χ0) is 12.1. The number of hydrogen-bond acceptors (Lipinski definition) is 6. The summed E-state index contributed by atoms with van der Waals surface area (Å²) in [6, 6.07) is 1.93. The van der Waals surface area contributed by atoms with Gasteiger partial charge in [0, 0.05) is 32.2 Å². The van der Waals surface area contributed by atoms with Gasteiger partial charge in [-0.05, 0) is 13.2 Å². The van der Waals surface area contributed by atoms with Crippen LogP contribution in [0.5, 0.6) is 5.88 Å². The average molecular weight is 254 g/mol. The summed E-state index contributed by atoms with van der Waals surface area (Å²) in [4.78, 5) is 11.1. The fourth-order valence-corrected chi connectivity index (χ4v) is 2.13. The Kier molecular flexibility index (Phi) is 4.44. The largest absolute Gasteiger partial charge is 0.478 e. The number of rotatable bonds is 4. The Morgan fingerprint density at radius 3 is 2.82 bits per heavy atom. The van der Waals surface area contributed by atoms with Crippen molar-refractivity contribution in [1.29, 1.82) is 0 Å². The predicted octanol–water partition coefficient (Wildman–Crippen LogP) is 1.01. The highest BCUT2D eigenvalue weighted by atomic mass is 32.2. The molecule has 0 amide bonds. The normalized spacial score (nSPS) is 16.0. The van der Waals surface area contributed by atoms with Gasteiger partial charge in [0.2, 0.25) is 5.88 Å². The Labute approximate surface area is 106 Å². The number of thioether (sulfide) groups is 1. The van der Waals surface area contributed by atoms with Gasteiger partial charge in [0.1, 0.15) is 5.82 Å². The second-order valence-corrected chi connectivity index (χ2v) is 4.49. The van der Waals surface area contributed by atoms with Crippen LogP contribution < -0.4 is 15.0 Å². The van der Waals surface area contributed by atoms with E-state index in [1.54, 1.807) is 11.8 Å². The van der Waals surface area contributed by atoms with E-state index in [2.05, 4.69) is 20.2 Å². The summed E-state index contributed by atoms with van der Waals surface area (Å²) >= 11 is 1.54. The molecular formula is C11H18N4OS. The summed E-state index contributed by atoms with van der Waals surface area (Å²) in [6.45, 7) is 6.56. The van der Waals surface area contributed by atoms with Crippen molar-refractivity contribution in [1.82, 2.24) is 15.3 Å². The minimum absolute atomic E-state index is 0.631. The van der Waals surface area contributed by atoms with Gasteiger partial charge in [0.25, 0.3) is 0 Å². The molecule has 17 heavy (non-hydrogen) atoms. The van der Waals surface area contributed by atoms with E-state index in [1.807, 2.05) is 19.2 Å². The highest BCUT2D eigenvalue weighted by Crippen LogP contribution is 2.21. The van der Waals surface area contributed by atoms with Crippen LogP contribution in [0, 0.1) is 0 Å². The Bertz CT molecular complexity index is 368. The second kappa shape index (κ2) is 6.07. The van der Waals surface area contributed by atoms with Crippen LogP contribution in [0.1, 0.15) is 6.92 Å². The lowest BCUT2D eigenvalue weighted by Gasteiger charge is -2.28. The van der Waals surface area contributed by atoms with Gasteiger partial charge in [-0.2, -0.15) is 4.98 Å². The number of nitrogens with one attached hydrogen (secondary N) is 1. The zero-order valence-corrected chi connectivity index (χ0v) is 11.1. The van der Waals surface area contributed by atoms with Crippen molar-refractivity contribution in [3.63, 3.8) is 0 Å². The first-order valence-electron chi connectivity index (χ1n) is 5.85. The molecule has 0 saturated carbocycles. The van der Waals surface area contributed by atoms with Crippen LogP contribution in [0.25, 0.3) is 0 Å². The number of piperazine rings is 1. The smallest absolute Gasteiger partial charge is 0.219 e. The number of ether oxygens (including phenoxy) is 1. The van der Waals surface area contributed by atoms with Gasteiger partial charge in [0.15, 0.2) is 5.16 Å². The summed E-state index contributed by atoms with van der Waals surface area (Å²) in [6.07, 6.45) is 1.98. The summed E-state index contributed by atoms with van der Waals surface area (Å²) in [7, 11) is 0. The van der Waals surface area contributed by atoms with E-state index in [9.17, 15) is 0 Å². The van der Waals surface area contributed by atoms with Gasteiger partial charge < -0.3 is 15.0 Å². The summed E-state index contributed by atoms with van der Waals surface area (Å²) in [5, 5.41) is 4.10. The number of nitrogens with zero attached hydrogens (tertiary/aromatic N) is 3. The molecule has 1 aliphatic heterocycles. The summed E-state index contributed by atoms with van der Waals surface area (Å²) in [5.74, 6) is 1.63. The van der Waals surface area contributed by atoms with E-state index in [4.69, 9.17) is 4.74 Å². The van der Waals surface area contributed by atoms with Crippen LogP contribution in [0.15, 0.2) is 11.2 Å². The molecule has 0 atom stereocenters. The number of hydrogen-bond donors (Lipinski definition) is 1. The molecule has 1 N–H and O–H groups in total. The lowest BCUT2D eigenvalue weighted by Crippen LogP contribution is -2.43. The van der Waals surface area contributed by atoms with Crippen LogP contribution in [0.2, 0.25) is 0 Å². The molecule has 94 valence electrons. The molecule has 6 heteroatoms. The fourth-order valence-electron chi connectivity index (χ4n) is 1.76. The third-order valence-electron chi connectivity index (χ3n) is 2.58. The van der Waals surface area contributed by atoms with Gasteiger partial charge in [-0.15, -0.1) is 0 Å². The van der Waals surface area contributed by atoms with Gasteiger partial charge in [-0.25, -0.2) is 4.98 Å². The van der Waals surface area contributed by atoms with Crippen LogP contribution in [-0.2, 0) is 0 Å². The molecule has 0 aliphatic carbocycles. The van der Waals surface area contributed by atoms with Gasteiger partial charge in [0.05, 0.1) is 6.61 Å². The van der Waals surface area contributed by atoms with Crippen molar-refractivity contribution >= 4 is 17.6 Å². The monoisotopic (exact) mass is 254 g/mol. The van der Waals surface area contributed by atoms with E-state index in [1.165, 1.54) is 0 Å². The average Bonchev–Trinajstić information content (AvgIpc) is 2.40. The molecular weight excluding hydrogens is 236 g/mol. The predicted molar refractivity (Wildman–Crippen MR) is 70.1 cm³/mol. The maximum atomic E-state index is 5.47. The maximum absolute atomic E-state index is 5.47. The van der Waals surface area contributed by atoms with Crippen LogP contribution in [0.3, 0.4) is 0 Å². The Morgan fingerprint density at radius 2 is 2.18 bits per heavy atom. The van der Waals surface area contributed by atoms with Crippen molar-refractivity contribution in [3.8, 4) is 5.88 Å². The zero-order valence-electron chi connectivity index (χ0n) is 10.3. The van der Waals surface area contributed by atoms with E-state index in [0.29, 0.717) is 12.5 Å². The lowest BCUT2D eigenvalue weighted by molar-refractivity contribution is 0.323. The number of anilines is 1. The molecule has 0 radical (unpaired) electrons. The minimum Gasteiger partial charge on any atom is -0.478 e. The highest BCUT2D eigenvalue weighted by Gasteiger charge is 2.14. The van der Waals surface area contributed by atoms with Crippen molar-refractivity contribution in [3.05, 3.63) is 6.07 Å². The molecule has 1 fully saturated rings. The van der Waals surface area contributed by atoms with E-state index < -0.39 is 0 Å². The first-order valence-corrected chi connectivity index (χ1v) is 7.07. The molecule has 1 aromatic heterocycles. The van der Waals surface area contributed by atoms with E-state index >= 15 is 0 Å². The van der Waals surface area contributed by atoms with Crippen LogP contribution in [0.4, 0.5) is 5.82 Å². The molecule has 0 spiro atoms. The first kappa shape index (κ1) is 12.4. The second-order valence-electron chi connectivity index (χ2n) is 3.72. The molecule has 0 bridgehead atoms. The van der Waals surface area contributed by atoms with E-state index in [0.717, 1.165) is 37.2 Å². The SMILES string of the molecule is CCOc1cc(N2CCNCC2)nc(SC)n1. The minimum atomic E-state index is 0.631. The van der Waals surface area contributed by atoms with Crippen molar-refractivity contribution in [2.24, 2.45) is 0 Å². The third-order valence-corrected chi connectivity index (χ3v) is 3.13. The lowest BCUT2D eigenvalue weighted by atomic mass is 10.3. The highest BCUT2D eigenvalue weighted by molar-refractivity contribution is 7.98. The molecule has 0 aromatic carbocycles. The molecule has 5 nitrogen and oxygen atoms in total.